The molecular formula is C20H17FN4O3S. The molecule has 148 valence electrons. The molecule has 0 saturated carbocycles. The van der Waals surface area contributed by atoms with Crippen LogP contribution >= 0.6 is 11.8 Å². The molecule has 0 radical (unpaired) electrons. The Morgan fingerprint density at radius 2 is 2.07 bits per heavy atom. The van der Waals surface area contributed by atoms with Crippen LogP contribution in [0, 0.1) is 12.7 Å². The van der Waals surface area contributed by atoms with Crippen LogP contribution in [0.1, 0.15) is 30.2 Å². The summed E-state index contributed by atoms with van der Waals surface area (Å²) < 4.78 is 26.4. The molecule has 4 rings (SSSR count). The average molecular weight is 412 g/mol. The summed E-state index contributed by atoms with van der Waals surface area (Å²) >= 11 is 1.26. The number of ether oxygens (including phenoxy) is 1. The van der Waals surface area contributed by atoms with Gasteiger partial charge in [0, 0.05) is 18.0 Å². The number of para-hydroxylation sites is 1. The highest BCUT2D eigenvalue weighted by molar-refractivity contribution is 7.98. The van der Waals surface area contributed by atoms with E-state index in [4.69, 9.17) is 9.15 Å². The summed E-state index contributed by atoms with van der Waals surface area (Å²) in [4.78, 5) is 16.8. The third-order valence-electron chi connectivity index (χ3n) is 4.11. The molecule has 4 aromatic rings. The highest BCUT2D eigenvalue weighted by Gasteiger charge is 2.18. The van der Waals surface area contributed by atoms with Crippen LogP contribution in [0.15, 0.2) is 63.1 Å². The Morgan fingerprint density at radius 1 is 1.24 bits per heavy atom. The van der Waals surface area contributed by atoms with E-state index in [0.717, 1.165) is 5.56 Å². The lowest BCUT2D eigenvalue weighted by atomic mass is 10.3. The van der Waals surface area contributed by atoms with E-state index in [-0.39, 0.29) is 17.2 Å². The van der Waals surface area contributed by atoms with Crippen LogP contribution in [0.5, 0.6) is 5.75 Å². The minimum atomic E-state index is -0.611. The zero-order valence-corrected chi connectivity index (χ0v) is 16.5. The number of benzene rings is 1. The highest BCUT2D eigenvalue weighted by Crippen LogP contribution is 2.26. The molecule has 3 heterocycles. The van der Waals surface area contributed by atoms with Crippen molar-refractivity contribution in [3.8, 4) is 5.75 Å². The van der Waals surface area contributed by atoms with Crippen LogP contribution in [0.3, 0.4) is 0 Å². The lowest BCUT2D eigenvalue weighted by Crippen LogP contribution is -2.15. The molecule has 29 heavy (non-hydrogen) atoms. The maximum absolute atomic E-state index is 13.7. The molecule has 0 saturated heterocycles. The first kappa shape index (κ1) is 19.1. The summed E-state index contributed by atoms with van der Waals surface area (Å²) in [7, 11) is 0. The van der Waals surface area contributed by atoms with Gasteiger partial charge in [-0.3, -0.25) is 9.20 Å². The van der Waals surface area contributed by atoms with Gasteiger partial charge in [-0.15, -0.1) is 10.2 Å². The fourth-order valence-corrected chi connectivity index (χ4v) is 3.35. The SMILES string of the molecule is Cc1ccc2nc(CSc3nnc(C(C)Oc4ccccc4F)o3)cc(=O)n2c1. The van der Waals surface area contributed by atoms with Crippen LogP contribution in [-0.4, -0.2) is 19.6 Å². The number of halogens is 1. The standard InChI is InChI=1S/C20H17FN4O3S/c1-12-7-8-17-22-14(9-18(26)25(17)10-12)11-29-20-24-23-19(28-20)13(2)27-16-6-4-3-5-15(16)21/h3-10,13H,11H2,1-2H3. The molecule has 1 unspecified atom stereocenters. The summed E-state index contributed by atoms with van der Waals surface area (Å²) in [6.07, 6.45) is 1.14. The molecule has 0 aliphatic rings. The molecule has 0 N–H and O–H groups in total. The number of fused-ring (bicyclic) bond motifs is 1. The zero-order valence-electron chi connectivity index (χ0n) is 15.7. The van der Waals surface area contributed by atoms with Crippen LogP contribution in [0.4, 0.5) is 4.39 Å². The number of aromatic nitrogens is 4. The molecular weight excluding hydrogens is 395 g/mol. The second-order valence-corrected chi connectivity index (χ2v) is 7.33. The number of pyridine rings is 1. The van der Waals surface area contributed by atoms with Crippen molar-refractivity contribution in [3.05, 3.63) is 82.0 Å². The van der Waals surface area contributed by atoms with Gasteiger partial charge in [-0.05, 0) is 37.6 Å². The van der Waals surface area contributed by atoms with Crippen molar-refractivity contribution in [3.63, 3.8) is 0 Å². The third kappa shape index (κ3) is 4.29. The van der Waals surface area contributed by atoms with Gasteiger partial charge in [0.1, 0.15) is 5.65 Å². The minimum absolute atomic E-state index is 0.114. The average Bonchev–Trinajstić information content (AvgIpc) is 3.18. The predicted octanol–water partition coefficient (Wildman–Crippen LogP) is 3.96. The molecule has 0 spiro atoms. The van der Waals surface area contributed by atoms with Crippen molar-refractivity contribution < 1.29 is 13.5 Å². The van der Waals surface area contributed by atoms with E-state index < -0.39 is 11.9 Å². The Kier molecular flexibility index (Phi) is 5.30. The van der Waals surface area contributed by atoms with Gasteiger partial charge in [0.25, 0.3) is 16.7 Å². The monoisotopic (exact) mass is 412 g/mol. The van der Waals surface area contributed by atoms with Gasteiger partial charge in [-0.1, -0.05) is 30.0 Å². The maximum Gasteiger partial charge on any atom is 0.277 e. The van der Waals surface area contributed by atoms with E-state index >= 15 is 0 Å². The minimum Gasteiger partial charge on any atom is -0.478 e. The molecule has 0 amide bonds. The maximum atomic E-state index is 13.7. The predicted molar refractivity (Wildman–Crippen MR) is 106 cm³/mol. The summed E-state index contributed by atoms with van der Waals surface area (Å²) in [6, 6.07) is 11.3. The number of thioether (sulfide) groups is 1. The second kappa shape index (κ2) is 8.04. The van der Waals surface area contributed by atoms with Gasteiger partial charge in [-0.25, -0.2) is 9.37 Å². The zero-order chi connectivity index (χ0) is 20.4. The van der Waals surface area contributed by atoms with Crippen LogP contribution in [0.25, 0.3) is 5.65 Å². The number of hydrogen-bond acceptors (Lipinski definition) is 7. The molecule has 9 heteroatoms. The van der Waals surface area contributed by atoms with Crippen molar-refractivity contribution in [2.45, 2.75) is 30.9 Å². The molecule has 7 nitrogen and oxygen atoms in total. The van der Waals surface area contributed by atoms with Crippen LogP contribution < -0.4 is 10.3 Å². The number of aryl methyl sites for hydroxylation is 1. The van der Waals surface area contributed by atoms with E-state index in [2.05, 4.69) is 15.2 Å². The van der Waals surface area contributed by atoms with Crippen molar-refractivity contribution in [2.24, 2.45) is 0 Å². The first-order valence-electron chi connectivity index (χ1n) is 8.86. The largest absolute Gasteiger partial charge is 0.478 e. The van der Waals surface area contributed by atoms with Crippen LogP contribution in [-0.2, 0) is 5.75 Å². The highest BCUT2D eigenvalue weighted by atomic mass is 32.2. The molecule has 0 aliphatic carbocycles. The Labute approximate surface area is 169 Å². The number of hydrogen-bond donors (Lipinski definition) is 0. The fraction of sp³-hybridized carbons (Fsp3) is 0.200. The van der Waals surface area contributed by atoms with Crippen molar-refractivity contribution in [1.29, 1.82) is 0 Å². The third-order valence-corrected chi connectivity index (χ3v) is 4.97. The fourth-order valence-electron chi connectivity index (χ4n) is 2.69. The van der Waals surface area contributed by atoms with Crippen molar-refractivity contribution in [2.75, 3.05) is 0 Å². The van der Waals surface area contributed by atoms with Crippen molar-refractivity contribution in [1.82, 2.24) is 19.6 Å². The van der Waals surface area contributed by atoms with Crippen LogP contribution in [0.2, 0.25) is 0 Å². The first-order chi connectivity index (χ1) is 14.0. The number of rotatable bonds is 6. The lowest BCUT2D eigenvalue weighted by Gasteiger charge is -2.11. The summed E-state index contributed by atoms with van der Waals surface area (Å²) in [5, 5.41) is 8.25. The molecule has 0 aliphatic heterocycles. The van der Waals surface area contributed by atoms with Gasteiger partial charge < -0.3 is 9.15 Å². The first-order valence-corrected chi connectivity index (χ1v) is 9.84. The quantitative estimate of drug-likeness (QED) is 0.443. The smallest absolute Gasteiger partial charge is 0.277 e. The normalized spacial score (nSPS) is 12.2. The lowest BCUT2D eigenvalue weighted by molar-refractivity contribution is 0.174. The number of nitrogens with zero attached hydrogens (tertiary/aromatic N) is 4. The van der Waals surface area contributed by atoms with Crippen molar-refractivity contribution >= 4 is 17.4 Å². The van der Waals surface area contributed by atoms with E-state index in [1.807, 2.05) is 13.0 Å². The van der Waals surface area contributed by atoms with E-state index in [1.165, 1.54) is 34.4 Å². The van der Waals surface area contributed by atoms with Gasteiger partial charge in [-0.2, -0.15) is 0 Å². The Hall–Kier alpha value is -3.20. The molecule has 0 fully saturated rings. The Morgan fingerprint density at radius 3 is 2.90 bits per heavy atom. The molecule has 1 atom stereocenters. The topological polar surface area (TPSA) is 82.5 Å². The Bertz CT molecular complexity index is 1220. The molecule has 3 aromatic heterocycles. The van der Waals surface area contributed by atoms with E-state index in [0.29, 0.717) is 22.3 Å². The van der Waals surface area contributed by atoms with Gasteiger partial charge in [0.05, 0.1) is 5.69 Å². The van der Waals surface area contributed by atoms with Gasteiger partial charge in [0.15, 0.2) is 17.7 Å². The second-order valence-electron chi connectivity index (χ2n) is 6.41. The summed E-state index contributed by atoms with van der Waals surface area (Å²) in [5.74, 6) is 0.280. The molecule has 0 bridgehead atoms. The van der Waals surface area contributed by atoms with E-state index in [9.17, 15) is 9.18 Å². The van der Waals surface area contributed by atoms with E-state index in [1.54, 1.807) is 31.3 Å². The van der Waals surface area contributed by atoms with Gasteiger partial charge in [0.2, 0.25) is 0 Å². The van der Waals surface area contributed by atoms with Gasteiger partial charge >= 0.3 is 0 Å². The molecule has 1 aromatic carbocycles. The summed E-state index contributed by atoms with van der Waals surface area (Å²) in [6.45, 7) is 3.61. The summed E-state index contributed by atoms with van der Waals surface area (Å²) in [5.41, 5.74) is 2.03. The Balaban J connectivity index is 1.44.